The summed E-state index contributed by atoms with van der Waals surface area (Å²) in [6, 6.07) is 43.5. The lowest BCUT2D eigenvalue weighted by Crippen LogP contribution is -2.18. The first-order chi connectivity index (χ1) is 21.8. The molecule has 0 aliphatic heterocycles. The predicted molar refractivity (Wildman–Crippen MR) is 175 cm³/mol. The molecule has 4 heterocycles. The Morgan fingerprint density at radius 2 is 1.02 bits per heavy atom. The highest BCUT2D eigenvalue weighted by atomic mass is 16.1. The van der Waals surface area contributed by atoms with Crippen molar-refractivity contribution in [3.63, 3.8) is 0 Å². The molecule has 5 aromatic carbocycles. The Labute approximate surface area is 250 Å². The fourth-order valence-electron chi connectivity index (χ4n) is 6.21. The number of fused-ring (bicyclic) bond motifs is 9. The molecule has 44 heavy (non-hydrogen) atoms. The number of rotatable bonds is 3. The van der Waals surface area contributed by atoms with Crippen molar-refractivity contribution in [1.29, 1.82) is 0 Å². The molecule has 7 nitrogen and oxygen atoms in total. The van der Waals surface area contributed by atoms with Gasteiger partial charge in [0.2, 0.25) is 5.95 Å². The molecule has 0 spiro atoms. The minimum atomic E-state index is -0.147. The smallest absolute Gasteiger partial charge is 0.267 e. The van der Waals surface area contributed by atoms with Crippen molar-refractivity contribution in [2.75, 3.05) is 0 Å². The Morgan fingerprint density at radius 3 is 1.70 bits per heavy atom. The zero-order chi connectivity index (χ0) is 29.2. The molecule has 0 aliphatic rings. The lowest BCUT2D eigenvalue weighted by atomic mass is 10.1. The zero-order valence-corrected chi connectivity index (χ0v) is 23.3. The Morgan fingerprint density at radius 1 is 0.477 bits per heavy atom. The van der Waals surface area contributed by atoms with E-state index in [0.717, 1.165) is 38.2 Å². The van der Waals surface area contributed by atoms with Crippen molar-refractivity contribution >= 4 is 49.3 Å². The van der Waals surface area contributed by atoms with E-state index in [1.165, 1.54) is 0 Å². The molecule has 0 atom stereocenters. The van der Waals surface area contributed by atoms with Crippen molar-refractivity contribution in [2.45, 2.75) is 0 Å². The molecule has 0 aliphatic carbocycles. The molecular weight excluding hydrogens is 544 g/mol. The van der Waals surface area contributed by atoms with Crippen LogP contribution in [0.25, 0.3) is 78.0 Å². The van der Waals surface area contributed by atoms with Crippen LogP contribution in [0.3, 0.4) is 0 Å². The van der Waals surface area contributed by atoms with Gasteiger partial charge in [0, 0.05) is 27.3 Å². The number of nitrogens with zero attached hydrogens (tertiary/aromatic N) is 6. The first kappa shape index (κ1) is 24.4. The van der Waals surface area contributed by atoms with Gasteiger partial charge in [-0.3, -0.25) is 9.36 Å². The average Bonchev–Trinajstić information content (AvgIpc) is 3.44. The van der Waals surface area contributed by atoms with Gasteiger partial charge in [0.1, 0.15) is 11.3 Å². The van der Waals surface area contributed by atoms with Gasteiger partial charge in [0.15, 0.2) is 11.6 Å². The molecular formula is C37H22N6O. The molecule has 0 unspecified atom stereocenters. The van der Waals surface area contributed by atoms with Gasteiger partial charge in [-0.25, -0.2) is 14.4 Å². The van der Waals surface area contributed by atoms with Crippen LogP contribution in [0.2, 0.25) is 0 Å². The second-order valence-electron chi connectivity index (χ2n) is 10.7. The number of hydrogen-bond acceptors (Lipinski definition) is 5. The van der Waals surface area contributed by atoms with Gasteiger partial charge >= 0.3 is 0 Å². The maximum atomic E-state index is 14.4. The summed E-state index contributed by atoms with van der Waals surface area (Å²) in [5.74, 6) is 1.50. The summed E-state index contributed by atoms with van der Waals surface area (Å²) in [7, 11) is 0. The molecule has 0 bridgehead atoms. The molecule has 0 saturated carbocycles. The summed E-state index contributed by atoms with van der Waals surface area (Å²) in [4.78, 5) is 34.5. The zero-order valence-electron chi connectivity index (χ0n) is 23.3. The highest BCUT2D eigenvalue weighted by Crippen LogP contribution is 2.38. The highest BCUT2D eigenvalue weighted by molar-refractivity contribution is 6.23. The first-order valence-electron chi connectivity index (χ1n) is 14.4. The van der Waals surface area contributed by atoms with Crippen molar-refractivity contribution < 1.29 is 0 Å². The molecule has 0 radical (unpaired) electrons. The standard InChI is InChI=1S/C37H22N6O/c44-36-27-19-9-11-21-29(27)38-34-26-18-8-7-17-25(26)31-28-20-10-12-22-30(28)42(35(31)43(34)36)37-40-32(23-13-3-1-4-14-23)39-33(41-37)24-15-5-2-6-16-24/h1-22H. The third kappa shape index (κ3) is 3.53. The van der Waals surface area contributed by atoms with E-state index in [4.69, 9.17) is 19.9 Å². The number of hydrogen-bond donors (Lipinski definition) is 0. The summed E-state index contributed by atoms with van der Waals surface area (Å²) in [6.07, 6.45) is 0. The van der Waals surface area contributed by atoms with E-state index >= 15 is 0 Å². The van der Waals surface area contributed by atoms with E-state index < -0.39 is 0 Å². The highest BCUT2D eigenvalue weighted by Gasteiger charge is 2.23. The molecule has 9 rings (SSSR count). The largest absolute Gasteiger partial charge is 0.268 e. The van der Waals surface area contributed by atoms with Gasteiger partial charge in [-0.1, -0.05) is 115 Å². The van der Waals surface area contributed by atoms with E-state index in [-0.39, 0.29) is 5.56 Å². The van der Waals surface area contributed by atoms with Gasteiger partial charge in [0.05, 0.1) is 16.4 Å². The second-order valence-corrected chi connectivity index (χ2v) is 10.7. The number of para-hydroxylation sites is 2. The fourth-order valence-corrected chi connectivity index (χ4v) is 6.21. The number of aromatic nitrogens is 6. The van der Waals surface area contributed by atoms with E-state index in [2.05, 4.69) is 12.1 Å². The topological polar surface area (TPSA) is 78.0 Å². The average molecular weight is 567 g/mol. The van der Waals surface area contributed by atoms with Crippen molar-refractivity contribution in [1.82, 2.24) is 28.9 Å². The normalized spacial score (nSPS) is 11.7. The molecule has 0 saturated heterocycles. The molecule has 4 aromatic heterocycles. The van der Waals surface area contributed by atoms with Crippen LogP contribution in [0.15, 0.2) is 138 Å². The van der Waals surface area contributed by atoms with Gasteiger partial charge in [-0.05, 0) is 23.6 Å². The van der Waals surface area contributed by atoms with E-state index in [1.54, 1.807) is 4.40 Å². The Bertz CT molecular complexity index is 2570. The summed E-state index contributed by atoms with van der Waals surface area (Å²) in [5, 5.41) is 4.37. The van der Waals surface area contributed by atoms with Crippen LogP contribution in [0, 0.1) is 0 Å². The maximum Gasteiger partial charge on any atom is 0.267 e. The van der Waals surface area contributed by atoms with Crippen molar-refractivity contribution in [3.05, 3.63) is 144 Å². The SMILES string of the molecule is O=c1c2ccccc2nc2c3ccccc3c3c4ccccc4n(-c4nc(-c5ccccc5)nc(-c5ccccc5)n4)c3n12. The second kappa shape index (κ2) is 9.40. The Hall–Kier alpha value is -6.21. The van der Waals surface area contributed by atoms with Crippen LogP contribution < -0.4 is 5.56 Å². The van der Waals surface area contributed by atoms with E-state index in [1.807, 2.05) is 126 Å². The quantitative estimate of drug-likeness (QED) is 0.162. The summed E-state index contributed by atoms with van der Waals surface area (Å²) in [6.45, 7) is 0. The van der Waals surface area contributed by atoms with Crippen molar-refractivity contribution in [3.8, 4) is 28.7 Å². The minimum absolute atomic E-state index is 0.147. The fraction of sp³-hybridized carbons (Fsp3) is 0. The Kier molecular flexibility index (Phi) is 5.21. The summed E-state index contributed by atoms with van der Waals surface area (Å²) < 4.78 is 3.72. The van der Waals surface area contributed by atoms with Crippen LogP contribution >= 0.6 is 0 Å². The first-order valence-corrected chi connectivity index (χ1v) is 14.4. The molecule has 0 fully saturated rings. The van der Waals surface area contributed by atoms with Crippen LogP contribution in [0.4, 0.5) is 0 Å². The molecule has 7 heteroatoms. The van der Waals surface area contributed by atoms with Gasteiger partial charge < -0.3 is 0 Å². The van der Waals surface area contributed by atoms with E-state index in [9.17, 15) is 4.79 Å². The van der Waals surface area contributed by atoms with Crippen LogP contribution in [0.5, 0.6) is 0 Å². The van der Waals surface area contributed by atoms with Crippen LogP contribution in [0.1, 0.15) is 0 Å². The summed E-state index contributed by atoms with van der Waals surface area (Å²) >= 11 is 0. The lowest BCUT2D eigenvalue weighted by Gasteiger charge is -2.14. The monoisotopic (exact) mass is 566 g/mol. The predicted octanol–water partition coefficient (Wildman–Crippen LogP) is 7.62. The van der Waals surface area contributed by atoms with Gasteiger partial charge in [-0.2, -0.15) is 9.97 Å². The number of pyridine rings is 1. The van der Waals surface area contributed by atoms with Crippen LogP contribution in [-0.4, -0.2) is 28.9 Å². The van der Waals surface area contributed by atoms with Crippen molar-refractivity contribution in [2.24, 2.45) is 0 Å². The molecule has 0 N–H and O–H groups in total. The molecule has 0 amide bonds. The third-order valence-corrected chi connectivity index (χ3v) is 8.16. The minimum Gasteiger partial charge on any atom is -0.268 e. The van der Waals surface area contributed by atoms with Crippen LogP contribution in [-0.2, 0) is 0 Å². The number of benzene rings is 5. The Balaban J connectivity index is 1.52. The molecule has 9 aromatic rings. The lowest BCUT2D eigenvalue weighted by molar-refractivity contribution is 0.931. The van der Waals surface area contributed by atoms with E-state index in [0.29, 0.717) is 39.8 Å². The van der Waals surface area contributed by atoms with Gasteiger partial charge in [-0.15, -0.1) is 0 Å². The maximum absolute atomic E-state index is 14.4. The summed E-state index contributed by atoms with van der Waals surface area (Å²) in [5.41, 5.74) is 4.37. The molecule has 206 valence electrons. The third-order valence-electron chi connectivity index (χ3n) is 8.16. The van der Waals surface area contributed by atoms with Gasteiger partial charge in [0.25, 0.3) is 5.56 Å².